The summed E-state index contributed by atoms with van der Waals surface area (Å²) >= 11 is 11.7. The van der Waals surface area contributed by atoms with E-state index in [1.54, 1.807) is 13.2 Å². The molecule has 1 aromatic rings. The van der Waals surface area contributed by atoms with E-state index in [0.717, 1.165) is 5.56 Å². The van der Waals surface area contributed by atoms with Crippen LogP contribution in [-0.2, 0) is 4.74 Å². The van der Waals surface area contributed by atoms with Gasteiger partial charge in [0.1, 0.15) is 0 Å². The van der Waals surface area contributed by atoms with Gasteiger partial charge in [0.15, 0.2) is 0 Å². The number of benzene rings is 1. The third-order valence-corrected chi connectivity index (χ3v) is 2.28. The zero-order valence-corrected chi connectivity index (χ0v) is 8.19. The van der Waals surface area contributed by atoms with Crippen LogP contribution in [0.4, 0.5) is 0 Å². The van der Waals surface area contributed by atoms with Gasteiger partial charge in [-0.05, 0) is 11.6 Å². The number of methoxy groups -OCH3 is 1. The zero-order chi connectivity index (χ0) is 8.97. The van der Waals surface area contributed by atoms with Gasteiger partial charge in [-0.3, -0.25) is 0 Å². The highest BCUT2D eigenvalue weighted by molar-refractivity contribution is 6.42. The van der Waals surface area contributed by atoms with Crippen molar-refractivity contribution in [2.45, 2.75) is 0 Å². The van der Waals surface area contributed by atoms with Crippen LogP contribution in [0.1, 0.15) is 5.56 Å². The average molecular weight is 204 g/mol. The summed E-state index contributed by atoms with van der Waals surface area (Å²) in [6, 6.07) is 5.51. The minimum Gasteiger partial charge on any atom is -0.384 e. The molecule has 0 amide bonds. The second-order valence-electron chi connectivity index (χ2n) is 2.30. The van der Waals surface area contributed by atoms with Crippen LogP contribution < -0.4 is 0 Å². The summed E-state index contributed by atoms with van der Waals surface area (Å²) in [6.45, 7) is 0.542. The molecule has 1 rings (SSSR count). The van der Waals surface area contributed by atoms with Crippen LogP contribution in [0.25, 0.3) is 0 Å². The van der Waals surface area contributed by atoms with Crippen molar-refractivity contribution in [3.05, 3.63) is 40.2 Å². The molecule has 1 nitrogen and oxygen atoms in total. The number of hydrogen-bond donors (Lipinski definition) is 0. The van der Waals surface area contributed by atoms with Gasteiger partial charge in [0.05, 0.1) is 16.7 Å². The molecular weight excluding hydrogens is 195 g/mol. The zero-order valence-electron chi connectivity index (χ0n) is 6.68. The minimum atomic E-state index is 0.542. The lowest BCUT2D eigenvalue weighted by atomic mass is 10.2. The first-order valence-electron chi connectivity index (χ1n) is 3.52. The van der Waals surface area contributed by atoms with Crippen LogP contribution in [0.5, 0.6) is 0 Å². The number of halogens is 2. The van der Waals surface area contributed by atoms with Crippen molar-refractivity contribution in [3.8, 4) is 0 Å². The van der Waals surface area contributed by atoms with Gasteiger partial charge < -0.3 is 4.74 Å². The van der Waals surface area contributed by atoms with E-state index in [1.165, 1.54) is 0 Å². The predicted octanol–water partition coefficient (Wildman–Crippen LogP) is 3.19. The Balaban J connectivity index is 2.78. The van der Waals surface area contributed by atoms with Gasteiger partial charge in [-0.15, -0.1) is 0 Å². The first kappa shape index (κ1) is 9.85. The lowest BCUT2D eigenvalue weighted by Crippen LogP contribution is -1.92. The molecule has 0 spiro atoms. The molecule has 0 fully saturated rings. The van der Waals surface area contributed by atoms with Gasteiger partial charge in [0.25, 0.3) is 0 Å². The van der Waals surface area contributed by atoms with Crippen molar-refractivity contribution < 1.29 is 4.74 Å². The molecule has 0 saturated heterocycles. The maximum atomic E-state index is 5.91. The highest BCUT2D eigenvalue weighted by atomic mass is 35.5. The van der Waals surface area contributed by atoms with Crippen LogP contribution in [0.3, 0.4) is 0 Å². The normalized spacial score (nSPS) is 10.2. The molecule has 0 bridgehead atoms. The Morgan fingerprint density at radius 3 is 2.83 bits per heavy atom. The fourth-order valence-electron chi connectivity index (χ4n) is 0.851. The van der Waals surface area contributed by atoms with Gasteiger partial charge in [-0.2, -0.15) is 0 Å². The quantitative estimate of drug-likeness (QED) is 0.734. The predicted molar refractivity (Wildman–Crippen MR) is 51.7 cm³/mol. The molecule has 1 radical (unpaired) electrons. The molecule has 1 aromatic carbocycles. The van der Waals surface area contributed by atoms with E-state index in [-0.39, 0.29) is 0 Å². The Kier molecular flexibility index (Phi) is 3.86. The summed E-state index contributed by atoms with van der Waals surface area (Å²) in [5.41, 5.74) is 0.908. The second-order valence-corrected chi connectivity index (χ2v) is 3.09. The monoisotopic (exact) mass is 203 g/mol. The average Bonchev–Trinajstić information content (AvgIpc) is 2.08. The summed E-state index contributed by atoms with van der Waals surface area (Å²) in [6.07, 6.45) is 1.88. The lowest BCUT2D eigenvalue weighted by Gasteiger charge is -2.03. The molecule has 65 valence electrons. The van der Waals surface area contributed by atoms with E-state index < -0.39 is 0 Å². The minimum absolute atomic E-state index is 0.542. The van der Waals surface area contributed by atoms with E-state index in [4.69, 9.17) is 27.9 Å². The third-order valence-electron chi connectivity index (χ3n) is 1.45. The van der Waals surface area contributed by atoms with Crippen LogP contribution in [0, 0.1) is 6.42 Å². The summed E-state index contributed by atoms with van der Waals surface area (Å²) in [5, 5.41) is 1.15. The summed E-state index contributed by atoms with van der Waals surface area (Å²) in [5.74, 6) is 0. The molecule has 0 heterocycles. The molecule has 0 aromatic heterocycles. The molecule has 12 heavy (non-hydrogen) atoms. The van der Waals surface area contributed by atoms with E-state index in [2.05, 4.69) is 0 Å². The smallest absolute Gasteiger partial charge is 0.0628 e. The second kappa shape index (κ2) is 4.70. The topological polar surface area (TPSA) is 9.23 Å². The Morgan fingerprint density at radius 2 is 2.17 bits per heavy atom. The lowest BCUT2D eigenvalue weighted by molar-refractivity contribution is 0.225. The molecule has 3 heteroatoms. The Hall–Kier alpha value is -0.240. The van der Waals surface area contributed by atoms with E-state index in [1.807, 2.05) is 18.6 Å². The number of hydrogen-bond acceptors (Lipinski definition) is 1. The van der Waals surface area contributed by atoms with Crippen LogP contribution in [0.2, 0.25) is 10.0 Å². The Bertz CT molecular complexity index is 261. The maximum Gasteiger partial charge on any atom is 0.0628 e. The van der Waals surface area contributed by atoms with Crippen molar-refractivity contribution >= 4 is 23.2 Å². The van der Waals surface area contributed by atoms with E-state index in [0.29, 0.717) is 16.7 Å². The first-order valence-corrected chi connectivity index (χ1v) is 4.27. The first-order chi connectivity index (χ1) is 5.75. The molecule has 0 N–H and O–H groups in total. The van der Waals surface area contributed by atoms with Crippen LogP contribution in [-0.4, -0.2) is 13.7 Å². The molecule has 0 aliphatic rings. The molecule has 0 unspecified atom stereocenters. The standard InChI is InChI=1S/C9H9Cl2O/c1-12-6-5-7-3-2-4-8(10)9(7)11/h2-5H,6H2,1H3. The highest BCUT2D eigenvalue weighted by Crippen LogP contribution is 2.26. The molecular formula is C9H9Cl2O. The highest BCUT2D eigenvalue weighted by Gasteiger charge is 2.03. The molecule has 0 aliphatic carbocycles. The fraction of sp³-hybridized carbons (Fsp3) is 0.222. The Morgan fingerprint density at radius 1 is 1.42 bits per heavy atom. The summed E-state index contributed by atoms with van der Waals surface area (Å²) in [4.78, 5) is 0. The molecule has 0 aliphatic heterocycles. The van der Waals surface area contributed by atoms with E-state index >= 15 is 0 Å². The summed E-state index contributed by atoms with van der Waals surface area (Å²) < 4.78 is 4.88. The van der Waals surface area contributed by atoms with Gasteiger partial charge in [-0.1, -0.05) is 35.3 Å². The largest absolute Gasteiger partial charge is 0.384 e. The van der Waals surface area contributed by atoms with Gasteiger partial charge in [-0.25, -0.2) is 0 Å². The van der Waals surface area contributed by atoms with Crippen molar-refractivity contribution in [2.24, 2.45) is 0 Å². The van der Waals surface area contributed by atoms with Crippen molar-refractivity contribution in [3.63, 3.8) is 0 Å². The summed E-state index contributed by atoms with van der Waals surface area (Å²) in [7, 11) is 1.63. The third kappa shape index (κ3) is 2.37. The maximum absolute atomic E-state index is 5.91. The van der Waals surface area contributed by atoms with Crippen LogP contribution >= 0.6 is 23.2 Å². The van der Waals surface area contributed by atoms with Crippen LogP contribution in [0.15, 0.2) is 18.2 Å². The fourth-order valence-corrected chi connectivity index (χ4v) is 1.24. The van der Waals surface area contributed by atoms with Gasteiger partial charge in [0, 0.05) is 13.5 Å². The van der Waals surface area contributed by atoms with Crippen molar-refractivity contribution in [1.82, 2.24) is 0 Å². The number of ether oxygens (including phenoxy) is 1. The van der Waals surface area contributed by atoms with Crippen molar-refractivity contribution in [1.29, 1.82) is 0 Å². The molecule has 0 saturated carbocycles. The Labute approximate surface area is 82.2 Å². The molecule has 0 atom stereocenters. The van der Waals surface area contributed by atoms with Gasteiger partial charge in [0.2, 0.25) is 0 Å². The SMILES string of the molecule is COC[CH]c1cccc(Cl)c1Cl. The van der Waals surface area contributed by atoms with Crippen molar-refractivity contribution in [2.75, 3.05) is 13.7 Å². The van der Waals surface area contributed by atoms with Gasteiger partial charge >= 0.3 is 0 Å². The van der Waals surface area contributed by atoms with E-state index in [9.17, 15) is 0 Å². The number of rotatable bonds is 3.